The Morgan fingerprint density at radius 3 is 2.57 bits per heavy atom. The molecule has 0 aliphatic rings. The molecule has 0 aliphatic heterocycles. The van der Waals surface area contributed by atoms with E-state index in [-0.39, 0.29) is 29.9 Å². The second-order valence-electron chi connectivity index (χ2n) is 8.86. The standard InChI is InChI=1S/C28H33FN6O2/c1-6-18(3)26(25-27(30)33-16-24(35-25)21-10-7-17(2)8-11-21)37-28(31-5)22-12-9-20(13-23(22)29)15-32-19(4)14-34-36/h7-13,16,19,32H,6,14-15H2,1-5H3,(H2,30,33)/b26-18+,31-28?. The van der Waals surface area contributed by atoms with E-state index in [2.05, 4.69) is 20.5 Å². The van der Waals surface area contributed by atoms with Gasteiger partial charge in [0.15, 0.2) is 11.6 Å². The molecule has 0 amide bonds. The lowest BCUT2D eigenvalue weighted by Crippen LogP contribution is -2.28. The van der Waals surface area contributed by atoms with Gasteiger partial charge in [-0.15, -0.1) is 0 Å². The third kappa shape index (κ3) is 7.04. The number of hydrogen-bond acceptors (Lipinski definition) is 8. The average Bonchev–Trinajstić information content (AvgIpc) is 2.89. The Morgan fingerprint density at radius 1 is 1.22 bits per heavy atom. The highest BCUT2D eigenvalue weighted by atomic mass is 19.1. The number of hydrogen-bond donors (Lipinski definition) is 2. The number of halogens is 1. The van der Waals surface area contributed by atoms with Crippen LogP contribution in [-0.2, 0) is 11.3 Å². The number of nitrogens with zero attached hydrogens (tertiary/aromatic N) is 4. The summed E-state index contributed by atoms with van der Waals surface area (Å²) >= 11 is 0. The summed E-state index contributed by atoms with van der Waals surface area (Å²) in [5.41, 5.74) is 11.1. The first-order valence-corrected chi connectivity index (χ1v) is 12.1. The third-order valence-corrected chi connectivity index (χ3v) is 5.95. The summed E-state index contributed by atoms with van der Waals surface area (Å²) in [4.78, 5) is 23.7. The first kappa shape index (κ1) is 27.6. The number of allylic oxidation sites excluding steroid dienone is 1. The van der Waals surface area contributed by atoms with Crippen molar-refractivity contribution in [3.8, 4) is 11.3 Å². The van der Waals surface area contributed by atoms with Crippen LogP contribution in [0.5, 0.6) is 0 Å². The molecule has 0 bridgehead atoms. The smallest absolute Gasteiger partial charge is 0.224 e. The lowest BCUT2D eigenvalue weighted by molar-refractivity contribution is 0.492. The Morgan fingerprint density at radius 2 is 1.95 bits per heavy atom. The zero-order valence-corrected chi connectivity index (χ0v) is 21.9. The third-order valence-electron chi connectivity index (χ3n) is 5.95. The van der Waals surface area contributed by atoms with Crippen molar-refractivity contribution in [3.63, 3.8) is 0 Å². The lowest BCUT2D eigenvalue weighted by Gasteiger charge is -2.17. The minimum absolute atomic E-state index is 0.0975. The minimum atomic E-state index is -0.484. The molecule has 0 aliphatic carbocycles. The SMILES string of the molecule is CC/C(C)=C(/OC(=NC)c1ccc(CNC(C)CN=O)cc1F)c1nc(-c2ccc(C)cc2)cnc1N. The molecule has 3 rings (SSSR count). The number of nitrogens with two attached hydrogens (primary N) is 1. The maximum Gasteiger partial charge on any atom is 0.224 e. The number of nitroso groups, excluding NO2 is 1. The van der Waals surface area contributed by atoms with E-state index in [0.29, 0.717) is 30.1 Å². The molecule has 0 spiro atoms. The molecule has 0 fully saturated rings. The van der Waals surface area contributed by atoms with Crippen LogP contribution in [0, 0.1) is 17.6 Å². The van der Waals surface area contributed by atoms with E-state index in [4.69, 9.17) is 15.5 Å². The van der Waals surface area contributed by atoms with Gasteiger partial charge in [-0.05, 0) is 50.5 Å². The molecule has 0 saturated heterocycles. The van der Waals surface area contributed by atoms with Gasteiger partial charge in [0.2, 0.25) is 5.90 Å². The molecule has 8 nitrogen and oxygen atoms in total. The maximum atomic E-state index is 15.2. The number of anilines is 1. The molecule has 1 atom stereocenters. The van der Waals surface area contributed by atoms with Crippen LogP contribution in [0.2, 0.25) is 0 Å². The summed E-state index contributed by atoms with van der Waals surface area (Å²) < 4.78 is 21.4. The van der Waals surface area contributed by atoms with Gasteiger partial charge in [-0.3, -0.25) is 4.99 Å². The monoisotopic (exact) mass is 504 g/mol. The zero-order valence-electron chi connectivity index (χ0n) is 21.9. The number of aromatic nitrogens is 2. The quantitative estimate of drug-likeness (QED) is 0.160. The van der Waals surface area contributed by atoms with Crippen LogP contribution in [0.15, 0.2) is 64.4 Å². The van der Waals surface area contributed by atoms with Crippen molar-refractivity contribution in [2.45, 2.75) is 46.7 Å². The Balaban J connectivity index is 1.93. The molecule has 3 N–H and O–H groups in total. The van der Waals surface area contributed by atoms with Crippen molar-refractivity contribution in [2.24, 2.45) is 10.2 Å². The van der Waals surface area contributed by atoms with Crippen LogP contribution in [0.1, 0.15) is 49.6 Å². The summed E-state index contributed by atoms with van der Waals surface area (Å²) in [5, 5.41) is 6.01. The van der Waals surface area contributed by atoms with Gasteiger partial charge < -0.3 is 15.8 Å². The molecule has 1 unspecified atom stereocenters. The number of nitrogen functional groups attached to an aromatic ring is 1. The summed E-state index contributed by atoms with van der Waals surface area (Å²) in [6.45, 7) is 8.29. The van der Waals surface area contributed by atoms with Gasteiger partial charge in [-0.1, -0.05) is 48.0 Å². The number of nitrogens with one attached hydrogen (secondary N) is 1. The molecule has 194 valence electrons. The van der Waals surface area contributed by atoms with E-state index >= 15 is 4.39 Å². The second kappa shape index (κ2) is 12.8. The molecule has 1 aromatic heterocycles. The molecule has 9 heteroatoms. The predicted molar refractivity (Wildman–Crippen MR) is 146 cm³/mol. The number of aryl methyl sites for hydroxylation is 1. The van der Waals surface area contributed by atoms with E-state index in [1.807, 2.05) is 52.0 Å². The fourth-order valence-electron chi connectivity index (χ4n) is 3.56. The van der Waals surface area contributed by atoms with Crippen LogP contribution in [-0.4, -0.2) is 35.5 Å². The van der Waals surface area contributed by atoms with E-state index in [9.17, 15) is 4.91 Å². The fourth-order valence-corrected chi connectivity index (χ4v) is 3.56. The molecule has 0 radical (unpaired) electrons. The van der Waals surface area contributed by atoms with Crippen LogP contribution in [0.3, 0.4) is 0 Å². The Hall–Kier alpha value is -3.98. The van der Waals surface area contributed by atoms with Crippen molar-refractivity contribution in [2.75, 3.05) is 19.3 Å². The fraction of sp³-hybridized carbons (Fsp3) is 0.321. The van der Waals surface area contributed by atoms with Crippen LogP contribution < -0.4 is 11.1 Å². The largest absolute Gasteiger partial charge is 0.436 e. The first-order chi connectivity index (χ1) is 17.8. The highest BCUT2D eigenvalue weighted by Gasteiger charge is 2.20. The molecule has 0 saturated carbocycles. The normalized spacial score (nSPS) is 13.2. The topological polar surface area (TPSA) is 115 Å². The van der Waals surface area contributed by atoms with Crippen LogP contribution in [0.4, 0.5) is 10.2 Å². The molecule has 1 heterocycles. The molecular formula is C28H33FN6O2. The van der Waals surface area contributed by atoms with Crippen molar-refractivity contribution in [1.82, 2.24) is 15.3 Å². The Labute approximate surface area is 216 Å². The van der Waals surface area contributed by atoms with Gasteiger partial charge in [0.25, 0.3) is 0 Å². The summed E-state index contributed by atoms with van der Waals surface area (Å²) in [6.07, 6.45) is 2.28. The maximum absolute atomic E-state index is 15.2. The van der Waals surface area contributed by atoms with Gasteiger partial charge in [-0.25, -0.2) is 14.4 Å². The summed E-state index contributed by atoms with van der Waals surface area (Å²) in [6, 6.07) is 12.7. The minimum Gasteiger partial charge on any atom is -0.436 e. The Bertz CT molecular complexity index is 1300. The number of ether oxygens (including phenoxy) is 1. The van der Waals surface area contributed by atoms with E-state index < -0.39 is 5.82 Å². The highest BCUT2D eigenvalue weighted by molar-refractivity contribution is 5.98. The zero-order chi connectivity index (χ0) is 26.9. The number of aliphatic imine (C=N–C) groups is 1. The molecule has 37 heavy (non-hydrogen) atoms. The number of benzene rings is 2. The van der Waals surface area contributed by atoms with Crippen LogP contribution >= 0.6 is 0 Å². The molecule has 2 aromatic carbocycles. The van der Waals surface area contributed by atoms with Gasteiger partial charge in [-0.2, -0.15) is 4.91 Å². The van der Waals surface area contributed by atoms with Gasteiger partial charge in [0.05, 0.1) is 24.0 Å². The highest BCUT2D eigenvalue weighted by Crippen LogP contribution is 2.29. The van der Waals surface area contributed by atoms with Crippen molar-refractivity contribution in [1.29, 1.82) is 0 Å². The van der Waals surface area contributed by atoms with Crippen molar-refractivity contribution in [3.05, 3.63) is 87.3 Å². The van der Waals surface area contributed by atoms with Crippen molar-refractivity contribution >= 4 is 17.5 Å². The molecule has 3 aromatic rings. The van der Waals surface area contributed by atoms with E-state index in [0.717, 1.165) is 22.3 Å². The van der Waals surface area contributed by atoms with Crippen molar-refractivity contribution < 1.29 is 9.13 Å². The number of rotatable bonds is 10. The average molecular weight is 505 g/mol. The Kier molecular flexibility index (Phi) is 9.57. The molecular weight excluding hydrogens is 471 g/mol. The first-order valence-electron chi connectivity index (χ1n) is 12.1. The van der Waals surface area contributed by atoms with Crippen LogP contribution in [0.25, 0.3) is 17.0 Å². The van der Waals surface area contributed by atoms with E-state index in [1.165, 1.54) is 13.1 Å². The summed E-state index contributed by atoms with van der Waals surface area (Å²) in [5.74, 6) is 0.208. The summed E-state index contributed by atoms with van der Waals surface area (Å²) in [7, 11) is 1.54. The van der Waals surface area contributed by atoms with Gasteiger partial charge >= 0.3 is 0 Å². The predicted octanol–water partition coefficient (Wildman–Crippen LogP) is 5.65. The second-order valence-corrected chi connectivity index (χ2v) is 8.86. The van der Waals surface area contributed by atoms with Gasteiger partial charge in [0.1, 0.15) is 11.5 Å². The van der Waals surface area contributed by atoms with Gasteiger partial charge in [0, 0.05) is 25.2 Å². The van der Waals surface area contributed by atoms with E-state index in [1.54, 1.807) is 18.3 Å². The lowest BCUT2D eigenvalue weighted by atomic mass is 10.1.